The molecule has 0 amide bonds. The topological polar surface area (TPSA) is 132 Å². The summed E-state index contributed by atoms with van der Waals surface area (Å²) in [6.45, 7) is 0.701. The zero-order valence-electron chi connectivity index (χ0n) is 17.8. The van der Waals surface area contributed by atoms with Gasteiger partial charge >= 0.3 is 5.97 Å². The Morgan fingerprint density at radius 2 is 1.28 bits per heavy atom. The van der Waals surface area contributed by atoms with Crippen LogP contribution in [0.4, 0.5) is 29.2 Å². The Bertz CT molecular complexity index is 983. The van der Waals surface area contributed by atoms with Gasteiger partial charge in [0, 0.05) is 24.3 Å². The molecule has 0 aliphatic carbocycles. The second-order valence-corrected chi connectivity index (χ2v) is 7.31. The number of hydrogen-bond donors (Lipinski definition) is 5. The maximum atomic E-state index is 10.5. The molecule has 1 aromatic heterocycles. The maximum absolute atomic E-state index is 10.5. The van der Waals surface area contributed by atoms with E-state index >= 15 is 0 Å². The molecule has 3 rings (SSSR count). The van der Waals surface area contributed by atoms with Crippen molar-refractivity contribution in [2.75, 3.05) is 22.5 Å². The first-order valence-corrected chi connectivity index (χ1v) is 10.7. The first-order valence-electron chi connectivity index (χ1n) is 10.7. The highest BCUT2D eigenvalue weighted by Gasteiger charge is 2.08. The number of aliphatic carboxylic acids is 1. The van der Waals surface area contributed by atoms with Crippen molar-refractivity contribution >= 4 is 35.2 Å². The molecular weight excluding hydrogens is 408 g/mol. The van der Waals surface area contributed by atoms with Crippen molar-refractivity contribution in [2.45, 2.75) is 38.5 Å². The van der Waals surface area contributed by atoms with E-state index in [4.69, 9.17) is 5.11 Å². The Kier molecular flexibility index (Phi) is 8.61. The number of carboxylic acid groups (broad SMARTS) is 1. The number of hydrogen-bond acceptors (Lipinski definition) is 8. The van der Waals surface area contributed by atoms with Crippen LogP contribution in [-0.2, 0) is 4.79 Å². The second kappa shape index (κ2) is 12.1. The summed E-state index contributed by atoms with van der Waals surface area (Å²) in [7, 11) is 0. The number of nitrogens with one attached hydrogen (secondary N) is 3. The molecule has 1 heterocycles. The van der Waals surface area contributed by atoms with Crippen LogP contribution in [0.3, 0.4) is 0 Å². The molecule has 0 saturated carbocycles. The quantitative estimate of drug-likeness (QED) is 0.187. The van der Waals surface area contributed by atoms with Gasteiger partial charge in [-0.25, -0.2) is 0 Å². The van der Waals surface area contributed by atoms with Crippen molar-refractivity contribution in [1.82, 2.24) is 15.0 Å². The predicted molar refractivity (Wildman–Crippen MR) is 125 cm³/mol. The lowest BCUT2D eigenvalue weighted by Crippen LogP contribution is -2.10. The summed E-state index contributed by atoms with van der Waals surface area (Å²) >= 11 is 0. The van der Waals surface area contributed by atoms with Crippen LogP contribution in [0, 0.1) is 0 Å². The molecule has 0 aliphatic heterocycles. The average molecular weight is 437 g/mol. The molecule has 0 spiro atoms. The lowest BCUT2D eigenvalue weighted by Gasteiger charge is -2.11. The van der Waals surface area contributed by atoms with E-state index in [2.05, 4.69) is 30.9 Å². The number of anilines is 5. The first-order chi connectivity index (χ1) is 15.6. The number of carboxylic acids is 1. The van der Waals surface area contributed by atoms with Gasteiger partial charge in [-0.2, -0.15) is 15.0 Å². The normalized spacial score (nSPS) is 10.5. The zero-order chi connectivity index (χ0) is 22.6. The summed E-state index contributed by atoms with van der Waals surface area (Å²) in [6, 6.07) is 16.3. The molecule has 5 N–H and O–H groups in total. The molecule has 9 heteroatoms. The van der Waals surface area contributed by atoms with Crippen LogP contribution < -0.4 is 16.0 Å². The number of aromatic hydroxyl groups is 1. The van der Waals surface area contributed by atoms with Crippen LogP contribution in [-0.4, -0.2) is 37.7 Å². The molecule has 32 heavy (non-hydrogen) atoms. The van der Waals surface area contributed by atoms with Crippen molar-refractivity contribution in [1.29, 1.82) is 0 Å². The van der Waals surface area contributed by atoms with E-state index in [0.29, 0.717) is 24.4 Å². The van der Waals surface area contributed by atoms with E-state index in [1.807, 2.05) is 30.3 Å². The van der Waals surface area contributed by atoms with Gasteiger partial charge in [-0.15, -0.1) is 0 Å². The summed E-state index contributed by atoms with van der Waals surface area (Å²) < 4.78 is 0. The summed E-state index contributed by atoms with van der Waals surface area (Å²) in [5.74, 6) is 0.676. The Morgan fingerprint density at radius 3 is 1.94 bits per heavy atom. The minimum Gasteiger partial charge on any atom is -0.508 e. The third-order valence-electron chi connectivity index (χ3n) is 4.64. The predicted octanol–water partition coefficient (Wildman–Crippen LogP) is 4.90. The van der Waals surface area contributed by atoms with Crippen LogP contribution in [0.2, 0.25) is 0 Å². The van der Waals surface area contributed by atoms with E-state index in [0.717, 1.165) is 43.5 Å². The molecular formula is C23H28N6O3. The van der Waals surface area contributed by atoms with Crippen molar-refractivity contribution < 1.29 is 15.0 Å². The highest BCUT2D eigenvalue weighted by atomic mass is 16.4. The fourth-order valence-corrected chi connectivity index (χ4v) is 3.02. The number of phenolic OH excluding ortho intramolecular Hbond substituents is 1. The van der Waals surface area contributed by atoms with Gasteiger partial charge in [-0.05, 0) is 49.2 Å². The highest BCUT2D eigenvalue weighted by molar-refractivity contribution is 5.66. The number of carbonyl (C=O) groups is 1. The van der Waals surface area contributed by atoms with E-state index in [-0.39, 0.29) is 12.2 Å². The highest BCUT2D eigenvalue weighted by Crippen LogP contribution is 2.20. The molecule has 0 bridgehead atoms. The Morgan fingerprint density at radius 1 is 0.719 bits per heavy atom. The van der Waals surface area contributed by atoms with Gasteiger partial charge in [-0.1, -0.05) is 37.5 Å². The fraction of sp³-hybridized carbons (Fsp3) is 0.304. The van der Waals surface area contributed by atoms with Crippen LogP contribution in [0.1, 0.15) is 38.5 Å². The largest absolute Gasteiger partial charge is 0.508 e. The van der Waals surface area contributed by atoms with Crippen LogP contribution in [0.5, 0.6) is 5.75 Å². The standard InChI is InChI=1S/C23H28N6O3/c30-19-14-12-18(13-15-19)26-23-28-21(24-16-8-3-1-2-7-11-20(31)32)27-22(29-23)25-17-9-5-4-6-10-17/h4-6,9-10,12-15,30H,1-3,7-8,11,16H2,(H,31,32)(H3,24,25,26,27,28,29). The molecule has 168 valence electrons. The third kappa shape index (κ3) is 8.10. The molecule has 0 fully saturated rings. The van der Waals surface area contributed by atoms with Crippen LogP contribution in [0.15, 0.2) is 54.6 Å². The van der Waals surface area contributed by atoms with Gasteiger partial charge in [0.2, 0.25) is 17.8 Å². The number of phenols is 1. The third-order valence-corrected chi connectivity index (χ3v) is 4.64. The van der Waals surface area contributed by atoms with Gasteiger partial charge in [0.05, 0.1) is 0 Å². The van der Waals surface area contributed by atoms with Gasteiger partial charge in [-0.3, -0.25) is 4.79 Å². The number of para-hydroxylation sites is 1. The van der Waals surface area contributed by atoms with E-state index in [1.165, 1.54) is 0 Å². The molecule has 0 saturated heterocycles. The van der Waals surface area contributed by atoms with Crippen molar-refractivity contribution in [3.8, 4) is 5.75 Å². The number of benzene rings is 2. The van der Waals surface area contributed by atoms with Gasteiger partial charge in [0.15, 0.2) is 0 Å². The zero-order valence-corrected chi connectivity index (χ0v) is 17.8. The molecule has 9 nitrogen and oxygen atoms in total. The van der Waals surface area contributed by atoms with Crippen molar-refractivity contribution in [3.63, 3.8) is 0 Å². The lowest BCUT2D eigenvalue weighted by molar-refractivity contribution is -0.137. The van der Waals surface area contributed by atoms with E-state index in [9.17, 15) is 9.90 Å². The molecule has 0 unspecified atom stereocenters. The van der Waals surface area contributed by atoms with Crippen LogP contribution in [0.25, 0.3) is 0 Å². The lowest BCUT2D eigenvalue weighted by atomic mass is 10.1. The Balaban J connectivity index is 1.59. The summed E-state index contributed by atoms with van der Waals surface area (Å²) in [4.78, 5) is 23.9. The van der Waals surface area contributed by atoms with Crippen molar-refractivity contribution in [2.24, 2.45) is 0 Å². The fourth-order valence-electron chi connectivity index (χ4n) is 3.02. The molecule has 3 aromatic rings. The first kappa shape index (κ1) is 22.8. The van der Waals surface area contributed by atoms with E-state index in [1.54, 1.807) is 24.3 Å². The van der Waals surface area contributed by atoms with Crippen LogP contribution >= 0.6 is 0 Å². The maximum Gasteiger partial charge on any atom is 0.303 e. The van der Waals surface area contributed by atoms with Gasteiger partial charge < -0.3 is 26.2 Å². The smallest absolute Gasteiger partial charge is 0.303 e. The van der Waals surface area contributed by atoms with E-state index < -0.39 is 5.97 Å². The SMILES string of the molecule is O=C(O)CCCCCCCNc1nc(Nc2ccccc2)nc(Nc2ccc(O)cc2)n1. The monoisotopic (exact) mass is 436 g/mol. The van der Waals surface area contributed by atoms with Crippen molar-refractivity contribution in [3.05, 3.63) is 54.6 Å². The molecule has 0 radical (unpaired) electrons. The average Bonchev–Trinajstić information content (AvgIpc) is 2.77. The second-order valence-electron chi connectivity index (χ2n) is 7.31. The Hall–Kier alpha value is -3.88. The summed E-state index contributed by atoms with van der Waals surface area (Å²) in [5.41, 5.74) is 1.61. The number of unbranched alkanes of at least 4 members (excludes halogenated alkanes) is 4. The summed E-state index contributed by atoms with van der Waals surface area (Å²) in [5, 5.41) is 27.7. The number of rotatable bonds is 13. The minimum atomic E-state index is -0.738. The summed E-state index contributed by atoms with van der Waals surface area (Å²) in [6.07, 6.45) is 4.81. The number of aromatic nitrogens is 3. The molecule has 0 aliphatic rings. The number of nitrogens with zero attached hydrogens (tertiary/aromatic N) is 3. The molecule has 2 aromatic carbocycles. The Labute approximate surface area is 187 Å². The van der Waals surface area contributed by atoms with Gasteiger partial charge in [0.25, 0.3) is 0 Å². The molecule has 0 atom stereocenters. The van der Waals surface area contributed by atoms with Gasteiger partial charge in [0.1, 0.15) is 5.75 Å². The minimum absolute atomic E-state index is 0.183.